The van der Waals surface area contributed by atoms with Crippen molar-refractivity contribution in [1.29, 1.82) is 0 Å². The van der Waals surface area contributed by atoms with Gasteiger partial charge in [0.2, 0.25) is 0 Å². The van der Waals surface area contributed by atoms with Crippen LogP contribution in [0.3, 0.4) is 0 Å². The summed E-state index contributed by atoms with van der Waals surface area (Å²) >= 11 is 0. The summed E-state index contributed by atoms with van der Waals surface area (Å²) in [6.07, 6.45) is 5.00. The summed E-state index contributed by atoms with van der Waals surface area (Å²) in [5, 5.41) is 0. The van der Waals surface area contributed by atoms with Crippen LogP contribution in [0, 0.1) is 19.8 Å². The van der Waals surface area contributed by atoms with E-state index in [1.54, 1.807) is 0 Å². The summed E-state index contributed by atoms with van der Waals surface area (Å²) < 4.78 is 0. The molecule has 1 saturated carbocycles. The lowest BCUT2D eigenvalue weighted by Gasteiger charge is -2.19. The second-order valence-electron chi connectivity index (χ2n) is 5.15. The molecule has 1 aromatic carbocycles. The van der Waals surface area contributed by atoms with Gasteiger partial charge in [-0.3, -0.25) is 4.99 Å². The Morgan fingerprint density at radius 2 is 1.81 bits per heavy atom. The third kappa shape index (κ3) is 2.72. The summed E-state index contributed by atoms with van der Waals surface area (Å²) in [5.41, 5.74) is 5.17. The van der Waals surface area contributed by atoms with E-state index in [0.29, 0.717) is 0 Å². The van der Waals surface area contributed by atoms with Crippen molar-refractivity contribution in [2.45, 2.75) is 46.5 Å². The number of hydrogen-bond donors (Lipinski definition) is 0. The molecule has 0 saturated heterocycles. The van der Waals surface area contributed by atoms with Gasteiger partial charge in [-0.2, -0.15) is 0 Å². The maximum absolute atomic E-state index is 4.81. The summed E-state index contributed by atoms with van der Waals surface area (Å²) in [6.45, 7) is 6.62. The summed E-state index contributed by atoms with van der Waals surface area (Å²) in [5.74, 6) is 0.887. The minimum Gasteiger partial charge on any atom is -0.258 e. The predicted octanol–water partition coefficient (Wildman–Crippen LogP) is 4.59. The zero-order valence-electron chi connectivity index (χ0n) is 10.6. The van der Waals surface area contributed by atoms with Crippen molar-refractivity contribution in [3.05, 3.63) is 29.3 Å². The van der Waals surface area contributed by atoms with Gasteiger partial charge in [-0.05, 0) is 57.1 Å². The molecule has 0 unspecified atom stereocenters. The molecule has 16 heavy (non-hydrogen) atoms. The normalized spacial score (nSPS) is 20.9. The van der Waals surface area contributed by atoms with E-state index in [4.69, 9.17) is 4.99 Å². The molecule has 1 aromatic rings. The zero-order valence-corrected chi connectivity index (χ0v) is 10.6. The van der Waals surface area contributed by atoms with Gasteiger partial charge in [0.1, 0.15) is 0 Å². The SMILES string of the molecule is Cc1ccc(N=C2CCC(C)CC2)c(C)c1. The number of nitrogens with zero attached hydrogens (tertiary/aromatic N) is 1. The number of aliphatic imine (C=N–C) groups is 1. The molecule has 0 atom stereocenters. The summed E-state index contributed by atoms with van der Waals surface area (Å²) in [6, 6.07) is 6.51. The molecule has 0 aliphatic heterocycles. The first kappa shape index (κ1) is 11.4. The van der Waals surface area contributed by atoms with Crippen LogP contribution in [0.25, 0.3) is 0 Å². The maximum Gasteiger partial charge on any atom is 0.0658 e. The molecule has 1 fully saturated rings. The third-order valence-electron chi connectivity index (χ3n) is 3.48. The second kappa shape index (κ2) is 4.82. The van der Waals surface area contributed by atoms with E-state index in [1.807, 2.05) is 0 Å². The molecule has 0 spiro atoms. The van der Waals surface area contributed by atoms with Gasteiger partial charge in [0, 0.05) is 5.71 Å². The highest BCUT2D eigenvalue weighted by molar-refractivity contribution is 5.87. The quantitative estimate of drug-likeness (QED) is 0.650. The molecule has 1 nitrogen and oxygen atoms in total. The van der Waals surface area contributed by atoms with Gasteiger partial charge in [0.05, 0.1) is 5.69 Å². The lowest BCUT2D eigenvalue weighted by molar-refractivity contribution is 0.483. The van der Waals surface area contributed by atoms with Crippen LogP contribution in [0.1, 0.15) is 43.7 Å². The van der Waals surface area contributed by atoms with E-state index in [2.05, 4.69) is 39.0 Å². The molecule has 1 heteroatoms. The van der Waals surface area contributed by atoms with E-state index in [-0.39, 0.29) is 0 Å². The van der Waals surface area contributed by atoms with Crippen molar-refractivity contribution < 1.29 is 0 Å². The van der Waals surface area contributed by atoms with Crippen LogP contribution in [-0.2, 0) is 0 Å². The van der Waals surface area contributed by atoms with Crippen molar-refractivity contribution in [2.24, 2.45) is 10.9 Å². The smallest absolute Gasteiger partial charge is 0.0658 e. The highest BCUT2D eigenvalue weighted by Crippen LogP contribution is 2.26. The van der Waals surface area contributed by atoms with Gasteiger partial charge >= 0.3 is 0 Å². The molecule has 1 aliphatic carbocycles. The monoisotopic (exact) mass is 215 g/mol. The largest absolute Gasteiger partial charge is 0.258 e. The van der Waals surface area contributed by atoms with Crippen molar-refractivity contribution in [1.82, 2.24) is 0 Å². The van der Waals surface area contributed by atoms with Crippen molar-refractivity contribution in [2.75, 3.05) is 0 Å². The van der Waals surface area contributed by atoms with Gasteiger partial charge in [-0.15, -0.1) is 0 Å². The first-order valence-electron chi connectivity index (χ1n) is 6.29. The van der Waals surface area contributed by atoms with E-state index >= 15 is 0 Å². The molecular weight excluding hydrogens is 194 g/mol. The Kier molecular flexibility index (Phi) is 3.42. The first-order chi connectivity index (χ1) is 7.65. The van der Waals surface area contributed by atoms with Crippen LogP contribution in [0.2, 0.25) is 0 Å². The fourth-order valence-corrected chi connectivity index (χ4v) is 2.31. The van der Waals surface area contributed by atoms with Crippen LogP contribution < -0.4 is 0 Å². The van der Waals surface area contributed by atoms with Crippen molar-refractivity contribution in [3.8, 4) is 0 Å². The number of rotatable bonds is 1. The summed E-state index contributed by atoms with van der Waals surface area (Å²) in [4.78, 5) is 4.81. The third-order valence-corrected chi connectivity index (χ3v) is 3.48. The first-order valence-corrected chi connectivity index (χ1v) is 6.29. The molecule has 0 heterocycles. The van der Waals surface area contributed by atoms with Crippen molar-refractivity contribution in [3.63, 3.8) is 0 Å². The number of benzene rings is 1. The Bertz CT molecular complexity index is 394. The molecular formula is C15H21N. The number of hydrogen-bond acceptors (Lipinski definition) is 1. The maximum atomic E-state index is 4.81. The fraction of sp³-hybridized carbons (Fsp3) is 0.533. The van der Waals surface area contributed by atoms with Crippen LogP contribution in [-0.4, -0.2) is 5.71 Å². The molecule has 0 bridgehead atoms. The lowest BCUT2D eigenvalue weighted by Crippen LogP contribution is -2.11. The molecule has 0 aromatic heterocycles. The van der Waals surface area contributed by atoms with Gasteiger partial charge in [0.15, 0.2) is 0 Å². The zero-order chi connectivity index (χ0) is 11.5. The minimum atomic E-state index is 0.887. The van der Waals surface area contributed by atoms with Gasteiger partial charge in [-0.1, -0.05) is 24.6 Å². The Labute approximate surface area is 98.6 Å². The lowest BCUT2D eigenvalue weighted by atomic mass is 9.89. The Morgan fingerprint density at radius 3 is 2.44 bits per heavy atom. The number of aryl methyl sites for hydroxylation is 2. The van der Waals surface area contributed by atoms with Crippen LogP contribution in [0.5, 0.6) is 0 Å². The average molecular weight is 215 g/mol. The molecule has 0 N–H and O–H groups in total. The molecule has 0 radical (unpaired) electrons. The van der Waals surface area contributed by atoms with E-state index in [9.17, 15) is 0 Å². The van der Waals surface area contributed by atoms with E-state index in [1.165, 1.54) is 42.5 Å². The Hall–Kier alpha value is -1.11. The topological polar surface area (TPSA) is 12.4 Å². The highest BCUT2D eigenvalue weighted by atomic mass is 14.8. The van der Waals surface area contributed by atoms with Crippen LogP contribution >= 0.6 is 0 Å². The Balaban J connectivity index is 2.16. The second-order valence-corrected chi connectivity index (χ2v) is 5.15. The summed E-state index contributed by atoms with van der Waals surface area (Å²) in [7, 11) is 0. The molecule has 2 rings (SSSR count). The Morgan fingerprint density at radius 1 is 1.12 bits per heavy atom. The van der Waals surface area contributed by atoms with Gasteiger partial charge in [0.25, 0.3) is 0 Å². The van der Waals surface area contributed by atoms with Gasteiger partial charge < -0.3 is 0 Å². The highest BCUT2D eigenvalue weighted by Gasteiger charge is 2.13. The molecule has 1 aliphatic rings. The van der Waals surface area contributed by atoms with Crippen LogP contribution in [0.15, 0.2) is 23.2 Å². The van der Waals surface area contributed by atoms with Crippen molar-refractivity contribution >= 4 is 11.4 Å². The van der Waals surface area contributed by atoms with E-state index in [0.717, 1.165) is 11.6 Å². The minimum absolute atomic E-state index is 0.887. The predicted molar refractivity (Wildman–Crippen MR) is 70.6 cm³/mol. The van der Waals surface area contributed by atoms with Crippen LogP contribution in [0.4, 0.5) is 5.69 Å². The van der Waals surface area contributed by atoms with E-state index < -0.39 is 0 Å². The fourth-order valence-electron chi connectivity index (χ4n) is 2.31. The van der Waals surface area contributed by atoms with Gasteiger partial charge in [-0.25, -0.2) is 0 Å². The molecule has 86 valence electrons. The molecule has 0 amide bonds. The standard InChI is InChI=1S/C15H21N/c1-11-4-7-14(8-5-11)16-15-9-6-12(2)10-13(15)3/h6,9-11H,4-5,7-8H2,1-3H3. The average Bonchev–Trinajstić information content (AvgIpc) is 2.25.